The molecular formula is C24H27N3O2S. The Balaban J connectivity index is 1.62. The minimum absolute atomic E-state index is 0.00761. The number of aromatic nitrogens is 2. The summed E-state index contributed by atoms with van der Waals surface area (Å²) in [6, 6.07) is 17.4. The van der Waals surface area contributed by atoms with Gasteiger partial charge >= 0.3 is 0 Å². The average molecular weight is 422 g/mol. The highest BCUT2D eigenvalue weighted by Gasteiger charge is 2.20. The Labute approximate surface area is 180 Å². The van der Waals surface area contributed by atoms with Crippen LogP contribution in [0, 0.1) is 0 Å². The number of rotatable bonds is 6. The SMILES string of the molecule is C[C@@H](c1ccccc1)n1c(SCC(=O)NC2CCCCC2)nc2ccccc2c1=O. The van der Waals surface area contributed by atoms with E-state index in [0.29, 0.717) is 16.1 Å². The van der Waals surface area contributed by atoms with Gasteiger partial charge in [0.25, 0.3) is 5.56 Å². The Morgan fingerprint density at radius 1 is 1.10 bits per heavy atom. The molecular weight excluding hydrogens is 394 g/mol. The molecule has 0 saturated heterocycles. The summed E-state index contributed by atoms with van der Waals surface area (Å²) in [5, 5.41) is 4.32. The van der Waals surface area contributed by atoms with Crippen LogP contribution >= 0.6 is 11.8 Å². The molecule has 1 aromatic heterocycles. The summed E-state index contributed by atoms with van der Waals surface area (Å²) in [6.07, 6.45) is 5.73. The zero-order chi connectivity index (χ0) is 20.9. The average Bonchev–Trinajstić information content (AvgIpc) is 2.79. The Morgan fingerprint density at radius 3 is 2.57 bits per heavy atom. The van der Waals surface area contributed by atoms with Crippen molar-refractivity contribution in [3.63, 3.8) is 0 Å². The molecule has 1 amide bonds. The Morgan fingerprint density at radius 2 is 1.80 bits per heavy atom. The molecule has 0 spiro atoms. The first kappa shape index (κ1) is 20.7. The highest BCUT2D eigenvalue weighted by molar-refractivity contribution is 7.99. The van der Waals surface area contributed by atoms with Crippen LogP contribution in [0.5, 0.6) is 0 Å². The van der Waals surface area contributed by atoms with Crippen molar-refractivity contribution in [2.45, 2.75) is 56.3 Å². The third-order valence-corrected chi connectivity index (χ3v) is 6.70. The molecule has 3 aromatic rings. The van der Waals surface area contributed by atoms with Gasteiger partial charge in [0.2, 0.25) is 5.91 Å². The van der Waals surface area contributed by atoms with E-state index < -0.39 is 0 Å². The summed E-state index contributed by atoms with van der Waals surface area (Å²) in [6.45, 7) is 2.00. The molecule has 5 nitrogen and oxygen atoms in total. The second kappa shape index (κ2) is 9.47. The second-order valence-corrected chi connectivity index (χ2v) is 8.81. The fourth-order valence-corrected chi connectivity index (χ4v) is 4.98. The Hall–Kier alpha value is -2.60. The normalized spacial score (nSPS) is 15.8. The van der Waals surface area contributed by atoms with Gasteiger partial charge in [-0.15, -0.1) is 0 Å². The molecule has 2 aromatic carbocycles. The third kappa shape index (κ3) is 4.59. The summed E-state index contributed by atoms with van der Waals surface area (Å²) in [4.78, 5) is 30.6. The lowest BCUT2D eigenvalue weighted by Crippen LogP contribution is -2.37. The summed E-state index contributed by atoms with van der Waals surface area (Å²) in [5.74, 6) is 0.260. The zero-order valence-electron chi connectivity index (χ0n) is 17.2. The van der Waals surface area contributed by atoms with E-state index >= 15 is 0 Å². The lowest BCUT2D eigenvalue weighted by atomic mass is 9.95. The van der Waals surface area contributed by atoms with Crippen LogP contribution in [0.1, 0.15) is 50.6 Å². The molecule has 1 heterocycles. The quantitative estimate of drug-likeness (QED) is 0.469. The number of carbonyl (C=O) groups excluding carboxylic acids is 1. The standard InChI is InChI=1S/C24H27N3O2S/c1-17(18-10-4-2-5-11-18)27-23(29)20-14-8-9-15-21(20)26-24(27)30-16-22(28)25-19-12-6-3-7-13-19/h2,4-5,8-11,14-15,17,19H,3,6-7,12-13,16H2,1H3,(H,25,28)/t17-/m0/s1. The number of hydrogen-bond acceptors (Lipinski definition) is 4. The number of para-hydroxylation sites is 1. The molecule has 1 saturated carbocycles. The maximum absolute atomic E-state index is 13.3. The second-order valence-electron chi connectivity index (χ2n) is 7.86. The van der Waals surface area contributed by atoms with Crippen LogP contribution in [0.25, 0.3) is 10.9 Å². The van der Waals surface area contributed by atoms with Gasteiger partial charge in [-0.05, 0) is 37.5 Å². The van der Waals surface area contributed by atoms with Crippen LogP contribution in [0.4, 0.5) is 0 Å². The smallest absolute Gasteiger partial charge is 0.262 e. The molecule has 0 radical (unpaired) electrons. The van der Waals surface area contributed by atoms with Gasteiger partial charge in [-0.1, -0.05) is 73.5 Å². The van der Waals surface area contributed by atoms with Crippen LogP contribution in [0.2, 0.25) is 0 Å². The molecule has 6 heteroatoms. The molecule has 0 aliphatic heterocycles. The number of benzene rings is 2. The van der Waals surface area contributed by atoms with Crippen molar-refractivity contribution in [1.82, 2.24) is 14.9 Å². The predicted molar refractivity (Wildman–Crippen MR) is 122 cm³/mol. The zero-order valence-corrected chi connectivity index (χ0v) is 18.0. The lowest BCUT2D eigenvalue weighted by molar-refractivity contribution is -0.119. The van der Waals surface area contributed by atoms with Gasteiger partial charge in [-0.2, -0.15) is 0 Å². The number of carbonyl (C=O) groups is 1. The minimum atomic E-state index is -0.181. The largest absolute Gasteiger partial charge is 0.353 e. The van der Waals surface area contributed by atoms with Crippen molar-refractivity contribution in [2.24, 2.45) is 0 Å². The molecule has 0 bridgehead atoms. The van der Waals surface area contributed by atoms with E-state index in [2.05, 4.69) is 5.32 Å². The van der Waals surface area contributed by atoms with Crippen molar-refractivity contribution < 1.29 is 4.79 Å². The van der Waals surface area contributed by atoms with Crippen LogP contribution in [0.3, 0.4) is 0 Å². The van der Waals surface area contributed by atoms with E-state index in [9.17, 15) is 9.59 Å². The maximum atomic E-state index is 13.3. The van der Waals surface area contributed by atoms with Gasteiger partial charge < -0.3 is 5.32 Å². The van der Waals surface area contributed by atoms with Crippen LogP contribution < -0.4 is 10.9 Å². The van der Waals surface area contributed by atoms with E-state index in [1.807, 2.05) is 61.5 Å². The summed E-state index contributed by atoms with van der Waals surface area (Å²) < 4.78 is 1.72. The van der Waals surface area contributed by atoms with Gasteiger partial charge in [0, 0.05) is 6.04 Å². The molecule has 1 fully saturated rings. The molecule has 1 atom stereocenters. The van der Waals surface area contributed by atoms with E-state index in [4.69, 9.17) is 4.98 Å². The minimum Gasteiger partial charge on any atom is -0.353 e. The molecule has 1 aliphatic carbocycles. The maximum Gasteiger partial charge on any atom is 0.262 e. The first-order valence-electron chi connectivity index (χ1n) is 10.6. The van der Waals surface area contributed by atoms with Crippen LogP contribution in [-0.4, -0.2) is 27.3 Å². The molecule has 0 unspecified atom stereocenters. The number of thioether (sulfide) groups is 1. The van der Waals surface area contributed by atoms with Crippen molar-refractivity contribution in [2.75, 3.05) is 5.75 Å². The molecule has 1 aliphatic rings. The van der Waals surface area contributed by atoms with E-state index in [-0.39, 0.29) is 29.3 Å². The van der Waals surface area contributed by atoms with Gasteiger partial charge in [0.05, 0.1) is 22.7 Å². The summed E-state index contributed by atoms with van der Waals surface area (Å²) in [7, 11) is 0. The van der Waals surface area contributed by atoms with E-state index in [1.165, 1.54) is 31.0 Å². The molecule has 30 heavy (non-hydrogen) atoms. The number of fused-ring (bicyclic) bond motifs is 1. The number of hydrogen-bond donors (Lipinski definition) is 1. The van der Waals surface area contributed by atoms with Crippen LogP contribution in [0.15, 0.2) is 64.5 Å². The van der Waals surface area contributed by atoms with Crippen molar-refractivity contribution >= 4 is 28.6 Å². The number of nitrogens with zero attached hydrogens (tertiary/aromatic N) is 2. The molecule has 4 rings (SSSR count). The van der Waals surface area contributed by atoms with E-state index in [0.717, 1.165) is 18.4 Å². The summed E-state index contributed by atoms with van der Waals surface area (Å²) >= 11 is 1.34. The Bertz CT molecular complexity index is 1070. The predicted octanol–water partition coefficient (Wildman–Crippen LogP) is 4.55. The van der Waals surface area contributed by atoms with E-state index in [1.54, 1.807) is 4.57 Å². The topological polar surface area (TPSA) is 64.0 Å². The monoisotopic (exact) mass is 421 g/mol. The first-order chi connectivity index (χ1) is 14.6. The molecule has 1 N–H and O–H groups in total. The van der Waals surface area contributed by atoms with Gasteiger partial charge in [0.15, 0.2) is 5.16 Å². The van der Waals surface area contributed by atoms with Gasteiger partial charge in [-0.3, -0.25) is 14.2 Å². The highest BCUT2D eigenvalue weighted by atomic mass is 32.2. The molecule has 156 valence electrons. The number of amides is 1. The van der Waals surface area contributed by atoms with Gasteiger partial charge in [-0.25, -0.2) is 4.98 Å². The van der Waals surface area contributed by atoms with Crippen molar-refractivity contribution in [3.05, 3.63) is 70.5 Å². The fraction of sp³-hybridized carbons (Fsp3) is 0.375. The van der Waals surface area contributed by atoms with Crippen molar-refractivity contribution in [3.8, 4) is 0 Å². The first-order valence-corrected chi connectivity index (χ1v) is 11.6. The Kier molecular flexibility index (Phi) is 6.53. The van der Waals surface area contributed by atoms with Crippen LogP contribution in [-0.2, 0) is 4.79 Å². The third-order valence-electron chi connectivity index (χ3n) is 5.75. The fourth-order valence-electron chi connectivity index (χ4n) is 4.10. The lowest BCUT2D eigenvalue weighted by Gasteiger charge is -2.23. The number of nitrogens with one attached hydrogen (secondary N) is 1. The van der Waals surface area contributed by atoms with Gasteiger partial charge in [0.1, 0.15) is 0 Å². The summed E-state index contributed by atoms with van der Waals surface area (Å²) in [5.41, 5.74) is 1.62. The van der Waals surface area contributed by atoms with Crippen molar-refractivity contribution in [1.29, 1.82) is 0 Å². The highest BCUT2D eigenvalue weighted by Crippen LogP contribution is 2.25.